The van der Waals surface area contributed by atoms with Crippen LogP contribution in [-0.4, -0.2) is 18.6 Å². The molecule has 0 fully saturated rings. The van der Waals surface area contributed by atoms with Gasteiger partial charge in [0.05, 0.1) is 0 Å². The number of hydrogen-bond acceptors (Lipinski definition) is 1. The molecule has 132 valence electrons. The largest absolute Gasteiger partial charge is 0.405 e. The van der Waals surface area contributed by atoms with Gasteiger partial charge in [0.15, 0.2) is 0 Å². The highest BCUT2D eigenvalue weighted by atomic mass is 19.4. The Morgan fingerprint density at radius 1 is 0.773 bits per heavy atom. The molecule has 0 saturated carbocycles. The molecule has 0 aromatic heterocycles. The molecule has 0 bridgehead atoms. The molecule has 2 nitrogen and oxygen atoms in total. The lowest BCUT2D eigenvalue weighted by Crippen LogP contribution is -2.33. The normalized spacial score (nSPS) is 11.6. The SMILES string of the molecule is CCCCCCCCCCCCCCC(=O)NCC(F)(F)F. The third-order valence-corrected chi connectivity index (χ3v) is 3.74. The molecule has 0 radical (unpaired) electrons. The fourth-order valence-electron chi connectivity index (χ4n) is 2.41. The van der Waals surface area contributed by atoms with Crippen LogP contribution in [0, 0.1) is 0 Å². The molecule has 0 atom stereocenters. The molecule has 0 aliphatic heterocycles. The average molecular weight is 323 g/mol. The lowest BCUT2D eigenvalue weighted by molar-refractivity contribution is -0.138. The molecule has 22 heavy (non-hydrogen) atoms. The second-order valence-electron chi connectivity index (χ2n) is 6.03. The van der Waals surface area contributed by atoms with Crippen molar-refractivity contribution in [3.63, 3.8) is 0 Å². The molecule has 0 heterocycles. The summed E-state index contributed by atoms with van der Waals surface area (Å²) in [6, 6.07) is 0. The highest BCUT2D eigenvalue weighted by Gasteiger charge is 2.27. The van der Waals surface area contributed by atoms with Gasteiger partial charge >= 0.3 is 6.18 Å². The summed E-state index contributed by atoms with van der Waals surface area (Å²) in [6.07, 6.45) is 10.2. The van der Waals surface area contributed by atoms with Crippen molar-refractivity contribution in [2.45, 2.75) is 96.6 Å². The summed E-state index contributed by atoms with van der Waals surface area (Å²) in [5, 5.41) is 1.90. The summed E-state index contributed by atoms with van der Waals surface area (Å²) in [5.74, 6) is -0.496. The molecular formula is C17H32F3NO. The standard InChI is InChI=1S/C17H32F3NO/c1-2-3-4-5-6-7-8-9-10-11-12-13-14-16(22)21-15-17(18,19)20/h2-15H2,1H3,(H,21,22). The maximum atomic E-state index is 11.9. The maximum Gasteiger partial charge on any atom is 0.405 e. The Bertz CT molecular complexity index is 267. The Labute approximate surface area is 133 Å². The van der Waals surface area contributed by atoms with E-state index in [4.69, 9.17) is 0 Å². The molecule has 5 heteroatoms. The number of carbonyl (C=O) groups excluding carboxylic acids is 1. The van der Waals surface area contributed by atoms with Crippen molar-refractivity contribution in [1.29, 1.82) is 0 Å². The fraction of sp³-hybridized carbons (Fsp3) is 0.941. The molecule has 0 aliphatic carbocycles. The van der Waals surface area contributed by atoms with Crippen LogP contribution in [0.5, 0.6) is 0 Å². The summed E-state index contributed by atoms with van der Waals surface area (Å²) in [6.45, 7) is 1.00. The van der Waals surface area contributed by atoms with Gasteiger partial charge in [0.2, 0.25) is 5.91 Å². The van der Waals surface area contributed by atoms with Crippen LogP contribution in [0.25, 0.3) is 0 Å². The summed E-state index contributed by atoms with van der Waals surface area (Å²) < 4.78 is 35.6. The number of amides is 1. The highest BCUT2D eigenvalue weighted by molar-refractivity contribution is 5.75. The maximum absolute atomic E-state index is 11.9. The van der Waals surface area contributed by atoms with Crippen molar-refractivity contribution in [3.8, 4) is 0 Å². The molecule has 0 saturated heterocycles. The Hall–Kier alpha value is -0.740. The van der Waals surface area contributed by atoms with E-state index in [0.717, 1.165) is 12.8 Å². The predicted molar refractivity (Wildman–Crippen MR) is 84.8 cm³/mol. The van der Waals surface area contributed by atoms with Crippen LogP contribution < -0.4 is 5.32 Å². The van der Waals surface area contributed by atoms with Gasteiger partial charge in [0, 0.05) is 6.42 Å². The Balaban J connectivity index is 3.18. The lowest BCUT2D eigenvalue weighted by atomic mass is 10.0. The van der Waals surface area contributed by atoms with Gasteiger partial charge in [-0.1, -0.05) is 77.6 Å². The summed E-state index contributed by atoms with van der Waals surface area (Å²) in [4.78, 5) is 11.2. The average Bonchev–Trinajstić information content (AvgIpc) is 2.45. The first-order valence-electron chi connectivity index (χ1n) is 8.79. The molecule has 0 rings (SSSR count). The third kappa shape index (κ3) is 17.3. The first kappa shape index (κ1) is 21.3. The monoisotopic (exact) mass is 323 g/mol. The number of hydrogen-bond donors (Lipinski definition) is 1. The Kier molecular flexibility index (Phi) is 13.4. The van der Waals surface area contributed by atoms with Gasteiger partial charge in [-0.15, -0.1) is 0 Å². The van der Waals surface area contributed by atoms with E-state index < -0.39 is 18.6 Å². The molecule has 0 aliphatic rings. The van der Waals surface area contributed by atoms with E-state index in [1.807, 2.05) is 5.32 Å². The zero-order valence-electron chi connectivity index (χ0n) is 13.9. The topological polar surface area (TPSA) is 29.1 Å². The van der Waals surface area contributed by atoms with E-state index in [0.29, 0.717) is 6.42 Å². The van der Waals surface area contributed by atoms with Crippen molar-refractivity contribution in [2.24, 2.45) is 0 Å². The Morgan fingerprint density at radius 3 is 1.59 bits per heavy atom. The summed E-state index contributed by atoms with van der Waals surface area (Å²) in [7, 11) is 0. The predicted octanol–water partition coefficient (Wildman–Crippen LogP) is 5.76. The van der Waals surface area contributed by atoms with Crippen molar-refractivity contribution < 1.29 is 18.0 Å². The van der Waals surface area contributed by atoms with Gasteiger partial charge in [-0.3, -0.25) is 4.79 Å². The number of alkyl halides is 3. The summed E-state index contributed by atoms with van der Waals surface area (Å²) >= 11 is 0. The number of nitrogens with one attached hydrogen (secondary N) is 1. The van der Waals surface area contributed by atoms with Gasteiger partial charge in [0.25, 0.3) is 0 Å². The molecule has 0 spiro atoms. The lowest BCUT2D eigenvalue weighted by Gasteiger charge is -2.08. The molecule has 0 unspecified atom stereocenters. The van der Waals surface area contributed by atoms with Gasteiger partial charge in [-0.05, 0) is 6.42 Å². The van der Waals surface area contributed by atoms with Crippen molar-refractivity contribution in [3.05, 3.63) is 0 Å². The van der Waals surface area contributed by atoms with E-state index in [2.05, 4.69) is 6.92 Å². The molecule has 0 aromatic carbocycles. The number of halogens is 3. The van der Waals surface area contributed by atoms with Crippen molar-refractivity contribution in [1.82, 2.24) is 5.32 Å². The van der Waals surface area contributed by atoms with Gasteiger partial charge in [-0.25, -0.2) is 0 Å². The van der Waals surface area contributed by atoms with Crippen LogP contribution in [0.4, 0.5) is 13.2 Å². The van der Waals surface area contributed by atoms with Gasteiger partial charge in [-0.2, -0.15) is 13.2 Å². The van der Waals surface area contributed by atoms with Gasteiger partial charge in [0.1, 0.15) is 6.54 Å². The molecular weight excluding hydrogens is 291 g/mol. The zero-order valence-corrected chi connectivity index (χ0v) is 13.9. The van der Waals surface area contributed by atoms with Crippen LogP contribution in [-0.2, 0) is 4.79 Å². The first-order chi connectivity index (χ1) is 10.5. The number of rotatable bonds is 14. The third-order valence-electron chi connectivity index (χ3n) is 3.74. The molecule has 0 aromatic rings. The van der Waals surface area contributed by atoms with Crippen LogP contribution in [0.3, 0.4) is 0 Å². The zero-order chi connectivity index (χ0) is 16.7. The molecule has 1 amide bonds. The summed E-state index contributed by atoms with van der Waals surface area (Å²) in [5.41, 5.74) is 0. The van der Waals surface area contributed by atoms with Crippen molar-refractivity contribution >= 4 is 5.91 Å². The quantitative estimate of drug-likeness (QED) is 0.405. The minimum absolute atomic E-state index is 0.202. The minimum atomic E-state index is -4.31. The van der Waals surface area contributed by atoms with Crippen LogP contribution in [0.2, 0.25) is 0 Å². The number of carbonyl (C=O) groups is 1. The van der Waals surface area contributed by atoms with Crippen LogP contribution in [0.1, 0.15) is 90.4 Å². The highest BCUT2D eigenvalue weighted by Crippen LogP contribution is 2.13. The smallest absolute Gasteiger partial charge is 0.347 e. The van der Waals surface area contributed by atoms with E-state index in [-0.39, 0.29) is 6.42 Å². The second-order valence-corrected chi connectivity index (χ2v) is 6.03. The Morgan fingerprint density at radius 2 is 1.18 bits per heavy atom. The van der Waals surface area contributed by atoms with Crippen molar-refractivity contribution in [2.75, 3.05) is 6.54 Å². The van der Waals surface area contributed by atoms with E-state index in [9.17, 15) is 18.0 Å². The van der Waals surface area contributed by atoms with Crippen LogP contribution >= 0.6 is 0 Å². The molecule has 1 N–H and O–H groups in total. The van der Waals surface area contributed by atoms with Gasteiger partial charge < -0.3 is 5.32 Å². The van der Waals surface area contributed by atoms with E-state index >= 15 is 0 Å². The first-order valence-corrected chi connectivity index (χ1v) is 8.79. The fourth-order valence-corrected chi connectivity index (χ4v) is 2.41. The van der Waals surface area contributed by atoms with E-state index in [1.165, 1.54) is 57.8 Å². The minimum Gasteiger partial charge on any atom is -0.347 e. The van der Waals surface area contributed by atoms with Crippen LogP contribution in [0.15, 0.2) is 0 Å². The second kappa shape index (κ2) is 13.9. The van der Waals surface area contributed by atoms with E-state index in [1.54, 1.807) is 0 Å². The number of unbranched alkanes of at least 4 members (excludes halogenated alkanes) is 11.